The first kappa shape index (κ1) is 24.2. The first-order valence-electron chi connectivity index (χ1n) is 10.3. The maximum atomic E-state index is 12.4. The number of rotatable bonds is 9. The second kappa shape index (κ2) is 10.0. The molecule has 0 unspecified atom stereocenters. The molecule has 34 heavy (non-hydrogen) atoms. The maximum absolute atomic E-state index is 12.4. The molecule has 1 aromatic heterocycles. The van der Waals surface area contributed by atoms with Gasteiger partial charge in [0.15, 0.2) is 11.6 Å². The molecule has 1 amide bonds. The number of carbonyl (C=O) groups is 3. The number of hydrogen-bond donors (Lipinski definition) is 5. The van der Waals surface area contributed by atoms with E-state index in [4.69, 9.17) is 16.6 Å². The van der Waals surface area contributed by atoms with E-state index in [-0.39, 0.29) is 30.2 Å². The molecule has 0 bridgehead atoms. The topological polar surface area (TPSA) is 200 Å². The molecule has 1 aliphatic heterocycles. The van der Waals surface area contributed by atoms with E-state index in [1.165, 1.54) is 0 Å². The zero-order valence-electron chi connectivity index (χ0n) is 18.7. The molecule has 3 rings (SSSR count). The van der Waals surface area contributed by atoms with Crippen molar-refractivity contribution >= 4 is 52.5 Å². The molecule has 1 aromatic carbocycles. The average Bonchev–Trinajstić information content (AvgIpc) is 2.77. The highest BCUT2D eigenvalue weighted by molar-refractivity contribution is 6.00. The van der Waals surface area contributed by atoms with E-state index >= 15 is 0 Å². The lowest BCUT2D eigenvalue weighted by molar-refractivity contribution is -0.140. The summed E-state index contributed by atoms with van der Waals surface area (Å²) >= 11 is 0. The van der Waals surface area contributed by atoms with E-state index in [1.807, 2.05) is 23.9 Å². The lowest BCUT2D eigenvalue weighted by Gasteiger charge is -2.28. The van der Waals surface area contributed by atoms with Gasteiger partial charge in [-0.25, -0.2) is 9.79 Å². The van der Waals surface area contributed by atoms with Crippen LogP contribution in [0.5, 0.6) is 0 Å². The van der Waals surface area contributed by atoms with Crippen LogP contribution >= 0.6 is 0 Å². The zero-order valence-corrected chi connectivity index (χ0v) is 18.7. The lowest BCUT2D eigenvalue weighted by atomic mass is 10.1. The number of carboxylic acids is 2. The molecule has 180 valence electrons. The Morgan fingerprint density at radius 1 is 1.18 bits per heavy atom. The number of benzene rings is 1. The summed E-state index contributed by atoms with van der Waals surface area (Å²) in [5.41, 5.74) is 14.0. The van der Waals surface area contributed by atoms with E-state index in [0.29, 0.717) is 24.6 Å². The van der Waals surface area contributed by atoms with Gasteiger partial charge in [0.05, 0.1) is 18.8 Å². The molecule has 1 aliphatic rings. The first-order valence-corrected chi connectivity index (χ1v) is 10.3. The summed E-state index contributed by atoms with van der Waals surface area (Å²) in [6, 6.07) is 5.29. The minimum atomic E-state index is -1.29. The number of carbonyl (C=O) groups excluding carboxylic acids is 1. The van der Waals surface area contributed by atoms with Crippen molar-refractivity contribution in [3.8, 4) is 0 Å². The molecule has 2 heterocycles. The number of amides is 1. The van der Waals surface area contributed by atoms with Gasteiger partial charge in [-0.15, -0.1) is 0 Å². The summed E-state index contributed by atoms with van der Waals surface area (Å²) in [4.78, 5) is 51.0. The maximum Gasteiger partial charge on any atom is 0.326 e. The van der Waals surface area contributed by atoms with Crippen molar-refractivity contribution in [3.63, 3.8) is 0 Å². The molecule has 0 radical (unpaired) electrons. The second-order valence-electron chi connectivity index (χ2n) is 7.87. The number of nitrogen functional groups attached to an aromatic ring is 2. The van der Waals surface area contributed by atoms with Crippen LogP contribution in [0.4, 0.5) is 29.0 Å². The second-order valence-corrected chi connectivity index (χ2v) is 7.87. The van der Waals surface area contributed by atoms with E-state index in [9.17, 15) is 19.5 Å². The van der Waals surface area contributed by atoms with E-state index in [0.717, 1.165) is 11.4 Å². The summed E-state index contributed by atoms with van der Waals surface area (Å²) in [7, 11) is 3.72. The highest BCUT2D eigenvalue weighted by Gasteiger charge is 2.23. The van der Waals surface area contributed by atoms with Crippen LogP contribution in [0, 0.1) is 0 Å². The summed E-state index contributed by atoms with van der Waals surface area (Å²) in [5.74, 6) is -2.18. The number of hydrogen-bond acceptors (Lipinski definition) is 10. The van der Waals surface area contributed by atoms with Gasteiger partial charge in [-0.1, -0.05) is 0 Å². The van der Waals surface area contributed by atoms with Crippen LogP contribution < -0.4 is 26.6 Å². The average molecular weight is 470 g/mol. The Morgan fingerprint density at radius 3 is 2.47 bits per heavy atom. The largest absolute Gasteiger partial charge is 0.481 e. The van der Waals surface area contributed by atoms with E-state index in [1.54, 1.807) is 24.3 Å². The van der Waals surface area contributed by atoms with Crippen LogP contribution in [-0.4, -0.2) is 77.0 Å². The Morgan fingerprint density at radius 2 is 1.85 bits per heavy atom. The van der Waals surface area contributed by atoms with Gasteiger partial charge < -0.3 is 36.8 Å². The van der Waals surface area contributed by atoms with Gasteiger partial charge in [0.25, 0.3) is 5.91 Å². The number of aliphatic carboxylic acids is 2. The Bertz CT molecular complexity index is 1130. The molecular weight excluding hydrogens is 444 g/mol. The minimum Gasteiger partial charge on any atom is -0.481 e. The Balaban J connectivity index is 1.67. The van der Waals surface area contributed by atoms with Crippen LogP contribution in [0.15, 0.2) is 29.3 Å². The molecule has 0 saturated carbocycles. The van der Waals surface area contributed by atoms with Crippen molar-refractivity contribution in [3.05, 3.63) is 29.8 Å². The quantitative estimate of drug-likeness (QED) is 0.338. The van der Waals surface area contributed by atoms with Gasteiger partial charge >= 0.3 is 11.9 Å². The fourth-order valence-electron chi connectivity index (χ4n) is 3.48. The van der Waals surface area contributed by atoms with Gasteiger partial charge in [0, 0.05) is 31.8 Å². The summed E-state index contributed by atoms with van der Waals surface area (Å²) in [5, 5.41) is 20.3. The molecule has 0 aliphatic carbocycles. The summed E-state index contributed by atoms with van der Waals surface area (Å²) < 4.78 is 0. The highest BCUT2D eigenvalue weighted by atomic mass is 16.4. The molecule has 13 nitrogen and oxygen atoms in total. The number of carboxylic acid groups (broad SMARTS) is 2. The third-order valence-electron chi connectivity index (χ3n) is 5.20. The lowest BCUT2D eigenvalue weighted by Crippen LogP contribution is -2.41. The SMILES string of the molecule is CN(CC1=Nc2c(N)nc(N)nc2N(C)C1)c1ccc(C(=O)N[C@@H](CCC(=O)O)C(=O)O)cc1. The van der Waals surface area contributed by atoms with Crippen LogP contribution in [0.3, 0.4) is 0 Å². The Hall–Kier alpha value is -4.42. The third-order valence-corrected chi connectivity index (χ3v) is 5.20. The Labute approximate surface area is 195 Å². The minimum absolute atomic E-state index is 0.0829. The van der Waals surface area contributed by atoms with Crippen LogP contribution in [0.1, 0.15) is 23.2 Å². The van der Waals surface area contributed by atoms with Gasteiger partial charge in [-0.2, -0.15) is 9.97 Å². The van der Waals surface area contributed by atoms with Crippen molar-refractivity contribution in [1.29, 1.82) is 0 Å². The fourth-order valence-corrected chi connectivity index (χ4v) is 3.48. The standard InChI is InChI=1S/C21H26N8O5/c1-28(9-12-10-29(2)18-16(24-12)17(22)26-21(23)27-18)13-5-3-11(4-6-13)19(32)25-14(20(33)34)7-8-15(30)31/h3-6,14H,7-10H2,1-2H3,(H,25,32)(H,30,31)(H,33,34)(H4,22,23,26,27)/t14-/m0/s1. The number of nitrogens with one attached hydrogen (secondary N) is 1. The van der Waals surface area contributed by atoms with Gasteiger partial charge in [0.1, 0.15) is 11.7 Å². The number of nitrogens with zero attached hydrogens (tertiary/aromatic N) is 5. The number of nitrogens with two attached hydrogens (primary N) is 2. The predicted molar refractivity (Wildman–Crippen MR) is 127 cm³/mol. The van der Waals surface area contributed by atoms with E-state index < -0.39 is 23.9 Å². The molecule has 0 fully saturated rings. The zero-order chi connectivity index (χ0) is 25.0. The highest BCUT2D eigenvalue weighted by Crippen LogP contribution is 2.34. The molecule has 7 N–H and O–H groups in total. The van der Waals surface area contributed by atoms with Crippen molar-refractivity contribution in [2.75, 3.05) is 48.5 Å². The van der Waals surface area contributed by atoms with Gasteiger partial charge in [0.2, 0.25) is 5.95 Å². The number of aromatic nitrogens is 2. The van der Waals surface area contributed by atoms with Gasteiger partial charge in [-0.05, 0) is 30.7 Å². The Kier molecular flexibility index (Phi) is 7.14. The van der Waals surface area contributed by atoms with Crippen LogP contribution in [0.2, 0.25) is 0 Å². The third kappa shape index (κ3) is 5.68. The van der Waals surface area contributed by atoms with E-state index in [2.05, 4.69) is 20.3 Å². The molecule has 0 saturated heterocycles. The number of anilines is 4. The summed E-state index contributed by atoms with van der Waals surface area (Å²) in [6.45, 7) is 0.982. The van der Waals surface area contributed by atoms with Gasteiger partial charge in [-0.3, -0.25) is 9.59 Å². The number of aliphatic imine (C=N–C) groups is 1. The molecule has 2 aromatic rings. The predicted octanol–water partition coefficient (Wildman–Crippen LogP) is 0.348. The van der Waals surface area contributed by atoms with Crippen molar-refractivity contribution < 1.29 is 24.6 Å². The first-order chi connectivity index (χ1) is 16.0. The van der Waals surface area contributed by atoms with Crippen molar-refractivity contribution in [2.45, 2.75) is 18.9 Å². The fraction of sp³-hybridized carbons (Fsp3) is 0.333. The molecular formula is C21H26N8O5. The van der Waals surface area contributed by atoms with Crippen LogP contribution in [-0.2, 0) is 9.59 Å². The van der Waals surface area contributed by atoms with Crippen LogP contribution in [0.25, 0.3) is 0 Å². The van der Waals surface area contributed by atoms with Crippen molar-refractivity contribution in [1.82, 2.24) is 15.3 Å². The molecule has 13 heteroatoms. The van der Waals surface area contributed by atoms with Crippen molar-refractivity contribution in [2.24, 2.45) is 4.99 Å². The smallest absolute Gasteiger partial charge is 0.326 e. The molecule has 1 atom stereocenters. The monoisotopic (exact) mass is 470 g/mol. The number of fused-ring (bicyclic) bond motifs is 1. The normalized spacial score (nSPS) is 13.5. The summed E-state index contributed by atoms with van der Waals surface area (Å²) in [6.07, 6.45) is -0.575. The molecule has 0 spiro atoms.